The number of rotatable bonds is 6. The van der Waals surface area contributed by atoms with Gasteiger partial charge in [0, 0.05) is 32.0 Å². The van der Waals surface area contributed by atoms with Gasteiger partial charge in [-0.05, 0) is 47.5 Å². The first-order valence-corrected chi connectivity index (χ1v) is 24.4. The van der Waals surface area contributed by atoms with Crippen LogP contribution in [0.1, 0.15) is 63.1 Å². The zero-order valence-corrected chi connectivity index (χ0v) is 33.9. The Labute approximate surface area is 302 Å². The molecule has 4 aromatic heterocycles. The first-order valence-electron chi connectivity index (χ1n) is 17.1. The van der Waals surface area contributed by atoms with Gasteiger partial charge in [-0.1, -0.05) is 56.0 Å². The van der Waals surface area contributed by atoms with Gasteiger partial charge in [-0.3, -0.25) is 4.98 Å². The minimum atomic E-state index is -1.87. The predicted octanol–water partition coefficient (Wildman–Crippen LogP) is 10.6. The number of pyridine rings is 3. The Morgan fingerprint density at radius 1 is 0.833 bits per heavy atom. The molecule has 1 radical (unpaired) electrons. The van der Waals surface area contributed by atoms with Crippen LogP contribution in [-0.2, 0) is 32.9 Å². The van der Waals surface area contributed by atoms with E-state index in [0.717, 1.165) is 51.2 Å². The van der Waals surface area contributed by atoms with Crippen molar-refractivity contribution in [2.75, 3.05) is 0 Å². The summed E-state index contributed by atoms with van der Waals surface area (Å²) in [5.41, 5.74) is 9.81. The molecule has 7 rings (SSSR count). The normalized spacial score (nSPS) is 13.7. The van der Waals surface area contributed by atoms with Crippen LogP contribution in [0.5, 0.6) is 0 Å². The van der Waals surface area contributed by atoms with Gasteiger partial charge in [0.1, 0.15) is 0 Å². The van der Waals surface area contributed by atoms with Gasteiger partial charge in [0.05, 0.1) is 5.58 Å². The first kappa shape index (κ1) is 36.2. The molecule has 0 bridgehead atoms. The summed E-state index contributed by atoms with van der Waals surface area (Å²) in [4.78, 5) is 13.9. The molecule has 4 heterocycles. The Bertz CT molecular complexity index is 1980. The molecular formula is C42H47GeIrN3O-2. The molecule has 6 aromatic rings. The SMILES string of the molecule is Cc1cnc(-c2[c-]c3c(nc2)oc2ccccc23)cc1CC(C)(C)C.[CH3][Ge]([CH3])([CH3])[c]1cnc(-c2[c-]cccc2)cc1CC1CCCC1.[Ir]. The van der Waals surface area contributed by atoms with Gasteiger partial charge in [0.2, 0.25) is 0 Å². The summed E-state index contributed by atoms with van der Waals surface area (Å²) in [6.07, 6.45) is 13.8. The molecule has 2 aromatic carbocycles. The van der Waals surface area contributed by atoms with Crippen LogP contribution < -0.4 is 4.40 Å². The van der Waals surface area contributed by atoms with E-state index in [1.807, 2.05) is 42.6 Å². The van der Waals surface area contributed by atoms with Crippen molar-refractivity contribution in [3.05, 3.63) is 108 Å². The Balaban J connectivity index is 0.000000186. The molecule has 48 heavy (non-hydrogen) atoms. The van der Waals surface area contributed by atoms with Crippen LogP contribution in [0.2, 0.25) is 17.3 Å². The number of aryl methyl sites for hydroxylation is 1. The maximum absolute atomic E-state index is 5.79. The van der Waals surface area contributed by atoms with Crippen molar-refractivity contribution < 1.29 is 24.5 Å². The van der Waals surface area contributed by atoms with Crippen molar-refractivity contribution in [1.29, 1.82) is 0 Å². The predicted molar refractivity (Wildman–Crippen MR) is 199 cm³/mol. The summed E-state index contributed by atoms with van der Waals surface area (Å²) >= 11 is -1.87. The zero-order valence-electron chi connectivity index (χ0n) is 29.4. The van der Waals surface area contributed by atoms with E-state index in [2.05, 4.69) is 97.5 Å². The summed E-state index contributed by atoms with van der Waals surface area (Å²) in [5.74, 6) is 8.31. The molecule has 1 fully saturated rings. The van der Waals surface area contributed by atoms with E-state index < -0.39 is 13.3 Å². The van der Waals surface area contributed by atoms with Gasteiger partial charge in [0.15, 0.2) is 5.71 Å². The number of hydrogen-bond acceptors (Lipinski definition) is 4. The second-order valence-corrected chi connectivity index (χ2v) is 26.0. The van der Waals surface area contributed by atoms with Crippen molar-refractivity contribution in [3.63, 3.8) is 0 Å². The molecule has 4 nitrogen and oxygen atoms in total. The molecular weight excluding hydrogens is 827 g/mol. The van der Waals surface area contributed by atoms with E-state index in [4.69, 9.17) is 9.40 Å². The molecule has 0 amide bonds. The monoisotopic (exact) mass is 876 g/mol. The van der Waals surface area contributed by atoms with Crippen LogP contribution in [0, 0.1) is 30.4 Å². The van der Waals surface area contributed by atoms with E-state index in [0.29, 0.717) is 5.71 Å². The molecule has 1 aliphatic carbocycles. The number of para-hydroxylation sites is 1. The second-order valence-electron chi connectivity index (χ2n) is 15.4. The van der Waals surface area contributed by atoms with Crippen LogP contribution >= 0.6 is 0 Å². The minimum absolute atomic E-state index is 0. The number of benzene rings is 2. The number of hydrogen-bond donors (Lipinski definition) is 0. The summed E-state index contributed by atoms with van der Waals surface area (Å²) in [6.45, 7) is 8.88. The molecule has 0 unspecified atom stereocenters. The molecule has 251 valence electrons. The minimum Gasteiger partial charge on any atom is 0 e. The number of nitrogens with zero attached hydrogens (tertiary/aromatic N) is 3. The maximum Gasteiger partial charge on any atom is 0 e. The van der Waals surface area contributed by atoms with E-state index in [1.165, 1.54) is 43.2 Å². The van der Waals surface area contributed by atoms with Gasteiger partial charge < -0.3 is 9.40 Å². The average Bonchev–Trinajstić information content (AvgIpc) is 3.69. The molecule has 1 saturated carbocycles. The second kappa shape index (κ2) is 15.2. The van der Waals surface area contributed by atoms with E-state index >= 15 is 0 Å². The molecule has 0 aliphatic heterocycles. The van der Waals surface area contributed by atoms with Crippen molar-refractivity contribution in [1.82, 2.24) is 15.0 Å². The fraction of sp³-hybridized carbons (Fsp3) is 0.357. The van der Waals surface area contributed by atoms with Crippen molar-refractivity contribution in [2.45, 2.75) is 83.5 Å². The largest absolute Gasteiger partial charge is 0 e. The average molecular weight is 875 g/mol. The van der Waals surface area contributed by atoms with Crippen LogP contribution in [0.4, 0.5) is 0 Å². The van der Waals surface area contributed by atoms with E-state index in [-0.39, 0.29) is 25.5 Å². The van der Waals surface area contributed by atoms with Crippen LogP contribution in [-0.4, -0.2) is 28.2 Å². The third kappa shape index (κ3) is 8.72. The Kier molecular flexibility index (Phi) is 11.4. The maximum atomic E-state index is 5.79. The third-order valence-corrected chi connectivity index (χ3v) is 13.5. The standard InChI is InChI=1S/C22H21N2O.C20H26GeN.Ir/c1-14-12-23-19(10-15(14)11-22(2,3)4)16-9-18-17-7-5-6-8-20(17)25-21(18)24-13-16;1-21(2,3)19-15-22-20(17-11-5-4-6-12-17)14-18(19)13-16-9-7-8-10-16;/h5-8,10,12-13H,11H2,1-4H3;4-6,11,14-16H,7-10,13H2,1-3H3;/q2*-1;. The van der Waals surface area contributed by atoms with Gasteiger partial charge in [-0.25, -0.2) is 0 Å². The van der Waals surface area contributed by atoms with Crippen molar-refractivity contribution in [2.24, 2.45) is 11.3 Å². The van der Waals surface area contributed by atoms with E-state index in [1.54, 1.807) is 16.2 Å². The van der Waals surface area contributed by atoms with Gasteiger partial charge in [0.25, 0.3) is 0 Å². The van der Waals surface area contributed by atoms with E-state index in [9.17, 15) is 0 Å². The fourth-order valence-corrected chi connectivity index (χ4v) is 10.0. The molecule has 0 atom stereocenters. The summed E-state index contributed by atoms with van der Waals surface area (Å²) < 4.78 is 7.38. The molecule has 1 aliphatic rings. The number of fused-ring (bicyclic) bond motifs is 3. The van der Waals surface area contributed by atoms with Gasteiger partial charge in [-0.2, -0.15) is 0 Å². The Hall–Kier alpha value is -3.12. The van der Waals surface area contributed by atoms with Crippen molar-refractivity contribution >= 4 is 39.7 Å². The fourth-order valence-electron chi connectivity index (χ4n) is 6.71. The molecule has 0 N–H and O–H groups in total. The number of furan rings is 1. The smallest absolute Gasteiger partial charge is 0 e. The van der Waals surface area contributed by atoms with Gasteiger partial charge >= 0.3 is 137 Å². The summed E-state index contributed by atoms with van der Waals surface area (Å²) in [7, 11) is 0. The van der Waals surface area contributed by atoms with Crippen LogP contribution in [0.3, 0.4) is 0 Å². The summed E-state index contributed by atoms with van der Waals surface area (Å²) in [5, 5.41) is 1.95. The Morgan fingerprint density at radius 3 is 2.23 bits per heavy atom. The van der Waals surface area contributed by atoms with Crippen LogP contribution in [0.15, 0.2) is 83.7 Å². The zero-order chi connectivity index (χ0) is 33.2. The molecule has 0 spiro atoms. The molecule has 0 saturated heterocycles. The quantitative estimate of drug-likeness (QED) is 0.124. The third-order valence-electron chi connectivity index (χ3n) is 9.12. The Morgan fingerprint density at radius 2 is 1.52 bits per heavy atom. The topological polar surface area (TPSA) is 51.8 Å². The van der Waals surface area contributed by atoms with Crippen LogP contribution in [0.25, 0.3) is 44.6 Å². The first-order chi connectivity index (χ1) is 22.4. The summed E-state index contributed by atoms with van der Waals surface area (Å²) in [6, 6.07) is 27.4. The molecule has 6 heteroatoms. The van der Waals surface area contributed by atoms with Crippen molar-refractivity contribution in [3.8, 4) is 22.5 Å². The number of aromatic nitrogens is 3. The van der Waals surface area contributed by atoms with Gasteiger partial charge in [-0.15, -0.1) is 6.07 Å².